The van der Waals surface area contributed by atoms with Crippen LogP contribution in [0, 0.1) is 0 Å². The Hall–Kier alpha value is -2.49. The van der Waals surface area contributed by atoms with Crippen LogP contribution in [0.2, 0.25) is 0 Å². The lowest BCUT2D eigenvalue weighted by atomic mass is 10.0. The van der Waals surface area contributed by atoms with E-state index >= 15 is 0 Å². The van der Waals surface area contributed by atoms with E-state index in [9.17, 15) is 0 Å². The van der Waals surface area contributed by atoms with E-state index in [-0.39, 0.29) is 0 Å². The van der Waals surface area contributed by atoms with Gasteiger partial charge in [-0.25, -0.2) is 4.99 Å². The predicted molar refractivity (Wildman–Crippen MR) is 87.6 cm³/mol. The zero-order chi connectivity index (χ0) is 14.8. The molecule has 1 heterocycles. The van der Waals surface area contributed by atoms with Crippen LogP contribution in [0.15, 0.2) is 47.5 Å². The molecule has 0 radical (unpaired) electrons. The standard InChI is InChI=1S/C17H19N3O/c1-11(2)12-3-6-14(7-4-12)19-17-10-21-16-9-13(18)5-8-15(16)20-17/h3-9,11H,10,18H2,1-2H3,(H,19,20). The van der Waals surface area contributed by atoms with Crippen LogP contribution >= 0.6 is 0 Å². The molecule has 0 fully saturated rings. The number of amidine groups is 1. The zero-order valence-corrected chi connectivity index (χ0v) is 12.3. The quantitative estimate of drug-likeness (QED) is 0.820. The van der Waals surface area contributed by atoms with E-state index in [2.05, 4.69) is 48.4 Å². The van der Waals surface area contributed by atoms with Crippen molar-refractivity contribution in [1.82, 2.24) is 0 Å². The highest BCUT2D eigenvalue weighted by molar-refractivity contribution is 5.99. The molecule has 2 aromatic carbocycles. The molecule has 0 aliphatic carbocycles. The maximum Gasteiger partial charge on any atom is 0.147 e. The third-order valence-corrected chi connectivity index (χ3v) is 3.47. The summed E-state index contributed by atoms with van der Waals surface area (Å²) in [5.41, 5.74) is 9.56. The number of anilines is 2. The van der Waals surface area contributed by atoms with E-state index in [1.54, 1.807) is 6.07 Å². The van der Waals surface area contributed by atoms with Gasteiger partial charge >= 0.3 is 0 Å². The van der Waals surface area contributed by atoms with Crippen LogP contribution in [0.25, 0.3) is 0 Å². The average molecular weight is 281 g/mol. The van der Waals surface area contributed by atoms with Gasteiger partial charge in [0.2, 0.25) is 0 Å². The summed E-state index contributed by atoms with van der Waals surface area (Å²) in [6, 6.07) is 13.9. The van der Waals surface area contributed by atoms with E-state index in [0.29, 0.717) is 18.2 Å². The molecule has 0 unspecified atom stereocenters. The van der Waals surface area contributed by atoms with Crippen molar-refractivity contribution in [1.29, 1.82) is 0 Å². The van der Waals surface area contributed by atoms with Gasteiger partial charge in [-0.2, -0.15) is 0 Å². The number of hydrogen-bond donors (Lipinski definition) is 2. The number of nitrogens with one attached hydrogen (secondary N) is 1. The minimum absolute atomic E-state index is 0.419. The van der Waals surface area contributed by atoms with Gasteiger partial charge in [-0.05, 0) is 35.7 Å². The molecule has 2 aromatic rings. The van der Waals surface area contributed by atoms with Crippen molar-refractivity contribution >= 4 is 22.9 Å². The molecule has 0 aromatic heterocycles. The molecule has 0 amide bonds. The van der Waals surface area contributed by atoms with Crippen molar-refractivity contribution in [3.05, 3.63) is 48.0 Å². The van der Waals surface area contributed by atoms with Crippen molar-refractivity contribution in [3.63, 3.8) is 0 Å². The molecule has 0 saturated carbocycles. The first-order chi connectivity index (χ1) is 10.1. The third-order valence-electron chi connectivity index (χ3n) is 3.47. The Morgan fingerprint density at radius 1 is 1.14 bits per heavy atom. The summed E-state index contributed by atoms with van der Waals surface area (Å²) in [6.07, 6.45) is 0. The van der Waals surface area contributed by atoms with Gasteiger partial charge in [0.05, 0.1) is 0 Å². The second-order valence-electron chi connectivity index (χ2n) is 5.48. The minimum Gasteiger partial charge on any atom is -0.483 e. The van der Waals surface area contributed by atoms with Crippen LogP contribution in [0.4, 0.5) is 17.1 Å². The molecule has 1 aliphatic rings. The van der Waals surface area contributed by atoms with E-state index in [0.717, 1.165) is 23.0 Å². The predicted octanol–water partition coefficient (Wildman–Crippen LogP) is 3.93. The first-order valence-corrected chi connectivity index (χ1v) is 7.09. The molecule has 3 N–H and O–H groups in total. The van der Waals surface area contributed by atoms with Crippen LogP contribution in [-0.2, 0) is 0 Å². The highest BCUT2D eigenvalue weighted by Crippen LogP contribution is 2.32. The normalized spacial score (nSPS) is 13.4. The third kappa shape index (κ3) is 2.99. The van der Waals surface area contributed by atoms with Crippen molar-refractivity contribution in [2.45, 2.75) is 19.8 Å². The molecule has 3 rings (SSSR count). The summed E-state index contributed by atoms with van der Waals surface area (Å²) in [7, 11) is 0. The molecular weight excluding hydrogens is 262 g/mol. The van der Waals surface area contributed by atoms with Crippen molar-refractivity contribution in [2.75, 3.05) is 17.7 Å². The van der Waals surface area contributed by atoms with Crippen molar-refractivity contribution in [3.8, 4) is 5.75 Å². The average Bonchev–Trinajstić information content (AvgIpc) is 2.48. The van der Waals surface area contributed by atoms with Gasteiger partial charge in [0.25, 0.3) is 0 Å². The molecule has 0 atom stereocenters. The number of fused-ring (bicyclic) bond motifs is 1. The monoisotopic (exact) mass is 281 g/mol. The molecule has 4 heteroatoms. The largest absolute Gasteiger partial charge is 0.483 e. The fourth-order valence-corrected chi connectivity index (χ4v) is 2.24. The number of hydrogen-bond acceptors (Lipinski definition) is 4. The Kier molecular flexibility index (Phi) is 3.52. The fraction of sp³-hybridized carbons (Fsp3) is 0.235. The van der Waals surface area contributed by atoms with Crippen molar-refractivity contribution < 1.29 is 4.74 Å². The van der Waals surface area contributed by atoms with Gasteiger partial charge in [-0.3, -0.25) is 0 Å². The molecule has 108 valence electrons. The SMILES string of the molecule is CC(C)c1ccc(NC2=Nc3ccc(N)cc3OC2)cc1. The van der Waals surface area contributed by atoms with Gasteiger partial charge in [0, 0.05) is 17.4 Å². The topological polar surface area (TPSA) is 59.6 Å². The number of rotatable bonds is 2. The molecule has 0 saturated heterocycles. The van der Waals surface area contributed by atoms with E-state index < -0.39 is 0 Å². The van der Waals surface area contributed by atoms with Crippen LogP contribution in [0.3, 0.4) is 0 Å². The number of nitrogen functional groups attached to an aromatic ring is 1. The number of aliphatic imine (C=N–C) groups is 1. The van der Waals surface area contributed by atoms with E-state index in [4.69, 9.17) is 10.5 Å². The Morgan fingerprint density at radius 3 is 2.62 bits per heavy atom. The summed E-state index contributed by atoms with van der Waals surface area (Å²) in [5, 5.41) is 3.30. The Labute approximate surface area is 124 Å². The number of nitrogens with two attached hydrogens (primary N) is 1. The maximum absolute atomic E-state index is 5.73. The molecule has 1 aliphatic heterocycles. The summed E-state index contributed by atoms with van der Waals surface area (Å²) in [5.74, 6) is 2.06. The lowest BCUT2D eigenvalue weighted by Gasteiger charge is -2.18. The smallest absolute Gasteiger partial charge is 0.147 e. The summed E-state index contributed by atoms with van der Waals surface area (Å²) in [6.45, 7) is 4.79. The van der Waals surface area contributed by atoms with Crippen LogP contribution in [0.1, 0.15) is 25.3 Å². The Morgan fingerprint density at radius 2 is 1.90 bits per heavy atom. The lowest BCUT2D eigenvalue weighted by Crippen LogP contribution is -2.23. The second-order valence-corrected chi connectivity index (χ2v) is 5.48. The summed E-state index contributed by atoms with van der Waals surface area (Å²) >= 11 is 0. The zero-order valence-electron chi connectivity index (χ0n) is 12.3. The molecule has 21 heavy (non-hydrogen) atoms. The van der Waals surface area contributed by atoms with E-state index in [1.165, 1.54) is 5.56 Å². The van der Waals surface area contributed by atoms with Crippen molar-refractivity contribution in [2.24, 2.45) is 4.99 Å². The molecule has 0 bridgehead atoms. The van der Waals surface area contributed by atoms with E-state index in [1.807, 2.05) is 12.1 Å². The maximum atomic E-state index is 5.73. The Balaban J connectivity index is 1.78. The Bertz CT molecular complexity index is 675. The first kappa shape index (κ1) is 13.5. The summed E-state index contributed by atoms with van der Waals surface area (Å²) in [4.78, 5) is 4.56. The molecule has 4 nitrogen and oxygen atoms in total. The number of benzene rings is 2. The van der Waals surface area contributed by atoms with Crippen LogP contribution in [0.5, 0.6) is 5.75 Å². The van der Waals surface area contributed by atoms with Crippen LogP contribution < -0.4 is 15.8 Å². The highest BCUT2D eigenvalue weighted by Gasteiger charge is 2.13. The van der Waals surface area contributed by atoms with Gasteiger partial charge in [-0.15, -0.1) is 0 Å². The van der Waals surface area contributed by atoms with Gasteiger partial charge in [0.15, 0.2) is 0 Å². The second kappa shape index (κ2) is 5.48. The summed E-state index contributed by atoms with van der Waals surface area (Å²) < 4.78 is 5.68. The van der Waals surface area contributed by atoms with Crippen LogP contribution in [-0.4, -0.2) is 12.4 Å². The number of ether oxygens (including phenoxy) is 1. The highest BCUT2D eigenvalue weighted by atomic mass is 16.5. The number of nitrogens with zero attached hydrogens (tertiary/aromatic N) is 1. The molecular formula is C17H19N3O. The van der Waals surface area contributed by atoms with Gasteiger partial charge < -0.3 is 15.8 Å². The lowest BCUT2D eigenvalue weighted by molar-refractivity contribution is 0.372. The molecule has 0 spiro atoms. The fourth-order valence-electron chi connectivity index (χ4n) is 2.24. The van der Waals surface area contributed by atoms with Gasteiger partial charge in [0.1, 0.15) is 23.9 Å². The minimum atomic E-state index is 0.419. The van der Waals surface area contributed by atoms with Gasteiger partial charge in [-0.1, -0.05) is 26.0 Å². The first-order valence-electron chi connectivity index (χ1n) is 7.09.